The van der Waals surface area contributed by atoms with E-state index in [-0.39, 0.29) is 24.1 Å². The van der Waals surface area contributed by atoms with Gasteiger partial charge in [0.15, 0.2) is 9.84 Å². The number of nitrogens with one attached hydrogen (secondary N) is 1. The van der Waals surface area contributed by atoms with Gasteiger partial charge < -0.3 is 11.1 Å². The quantitative estimate of drug-likeness (QED) is 0.826. The predicted octanol–water partition coefficient (Wildman–Crippen LogP) is 3.42. The minimum absolute atomic E-state index is 0. The van der Waals surface area contributed by atoms with Gasteiger partial charge in [-0.05, 0) is 51.3 Å². The third kappa shape index (κ3) is 5.43. The predicted molar refractivity (Wildman–Crippen MR) is 105 cm³/mol. The van der Waals surface area contributed by atoms with E-state index in [0.717, 1.165) is 19.3 Å². The molecule has 0 bridgehead atoms. The molecule has 0 heterocycles. The van der Waals surface area contributed by atoms with Gasteiger partial charge in [0.25, 0.3) is 0 Å². The first-order valence-electron chi connectivity index (χ1n) is 8.45. The van der Waals surface area contributed by atoms with Crippen LogP contribution in [0.3, 0.4) is 0 Å². The molecule has 5 nitrogen and oxygen atoms in total. The minimum Gasteiger partial charge on any atom is -0.324 e. The van der Waals surface area contributed by atoms with Gasteiger partial charge in [-0.2, -0.15) is 0 Å². The zero-order valence-corrected chi connectivity index (χ0v) is 16.8. The van der Waals surface area contributed by atoms with Crippen molar-refractivity contribution in [3.63, 3.8) is 0 Å². The monoisotopic (exact) mass is 388 g/mol. The summed E-state index contributed by atoms with van der Waals surface area (Å²) in [4.78, 5) is 12.5. The van der Waals surface area contributed by atoms with Gasteiger partial charge in [0.2, 0.25) is 5.91 Å². The number of sulfone groups is 1. The lowest BCUT2D eigenvalue weighted by molar-refractivity contribution is -0.122. The van der Waals surface area contributed by atoms with Crippen molar-refractivity contribution in [2.45, 2.75) is 68.9 Å². The first kappa shape index (κ1) is 21.9. The van der Waals surface area contributed by atoms with Crippen molar-refractivity contribution in [2.24, 2.45) is 5.73 Å². The molecule has 1 aromatic rings. The molecule has 3 N–H and O–H groups in total. The van der Waals surface area contributed by atoms with Crippen LogP contribution in [0, 0.1) is 0 Å². The Bertz CT molecular complexity index is 705. The van der Waals surface area contributed by atoms with Gasteiger partial charge in [-0.25, -0.2) is 8.42 Å². The van der Waals surface area contributed by atoms with Gasteiger partial charge in [0.1, 0.15) is 0 Å². The van der Waals surface area contributed by atoms with Crippen LogP contribution in [-0.2, 0) is 20.4 Å². The molecule has 1 aliphatic carbocycles. The molecule has 2 rings (SSSR count). The molecule has 25 heavy (non-hydrogen) atoms. The summed E-state index contributed by atoms with van der Waals surface area (Å²) in [6, 6.07) is 7.00. The van der Waals surface area contributed by atoms with Crippen molar-refractivity contribution in [1.82, 2.24) is 0 Å². The lowest BCUT2D eigenvalue weighted by Gasteiger charge is -2.31. The summed E-state index contributed by atoms with van der Waals surface area (Å²) in [5, 5.41) is 2.86. The summed E-state index contributed by atoms with van der Waals surface area (Å²) in [5.41, 5.74) is 6.68. The second-order valence-electron chi connectivity index (χ2n) is 7.74. The highest BCUT2D eigenvalue weighted by Gasteiger charge is 2.35. The van der Waals surface area contributed by atoms with Crippen LogP contribution in [-0.4, -0.2) is 24.6 Å². The molecule has 0 aliphatic heterocycles. The summed E-state index contributed by atoms with van der Waals surface area (Å²) in [7, 11) is -3.27. The first-order valence-corrected chi connectivity index (χ1v) is 10.1. The Morgan fingerprint density at radius 2 is 1.80 bits per heavy atom. The number of amides is 1. The Balaban J connectivity index is 0.00000312. The summed E-state index contributed by atoms with van der Waals surface area (Å²) >= 11 is 0. The average Bonchev–Trinajstić information content (AvgIpc) is 2.46. The standard InChI is InChI=1S/C18H28N2O3S.ClH/c1-17(2,3)24(22,23)13-14-8-7-9-15(12-14)20-16(21)18(19)10-5-4-6-11-18;/h7-9,12H,4-6,10-11,13,19H2,1-3H3,(H,20,21);1H. The number of hydrogen-bond acceptors (Lipinski definition) is 4. The van der Waals surface area contributed by atoms with Gasteiger partial charge in [0, 0.05) is 5.69 Å². The Morgan fingerprint density at radius 3 is 2.36 bits per heavy atom. The van der Waals surface area contributed by atoms with E-state index in [9.17, 15) is 13.2 Å². The van der Waals surface area contributed by atoms with E-state index in [1.165, 1.54) is 0 Å². The molecule has 1 fully saturated rings. The molecule has 0 saturated heterocycles. The molecular weight excluding hydrogens is 360 g/mol. The molecule has 1 amide bonds. The maximum Gasteiger partial charge on any atom is 0.244 e. The molecule has 0 aromatic heterocycles. The van der Waals surface area contributed by atoms with E-state index < -0.39 is 20.1 Å². The SMILES string of the molecule is CC(C)(C)S(=O)(=O)Cc1cccc(NC(=O)C2(N)CCCCC2)c1.Cl. The van der Waals surface area contributed by atoms with Gasteiger partial charge in [-0.1, -0.05) is 31.4 Å². The van der Waals surface area contributed by atoms with Gasteiger partial charge in [0.05, 0.1) is 16.0 Å². The fourth-order valence-electron chi connectivity index (χ4n) is 2.84. The van der Waals surface area contributed by atoms with Gasteiger partial charge >= 0.3 is 0 Å². The van der Waals surface area contributed by atoms with Crippen molar-refractivity contribution >= 4 is 33.8 Å². The summed E-state index contributed by atoms with van der Waals surface area (Å²) in [6.45, 7) is 5.07. The number of halogens is 1. The third-order valence-corrected chi connectivity index (χ3v) is 7.25. The highest BCUT2D eigenvalue weighted by Crippen LogP contribution is 2.28. The van der Waals surface area contributed by atoms with Crippen LogP contribution in [0.5, 0.6) is 0 Å². The second-order valence-corrected chi connectivity index (χ2v) is 10.5. The van der Waals surface area contributed by atoms with E-state index in [1.54, 1.807) is 45.0 Å². The van der Waals surface area contributed by atoms with E-state index >= 15 is 0 Å². The van der Waals surface area contributed by atoms with Crippen LogP contribution in [0.25, 0.3) is 0 Å². The Hall–Kier alpha value is -1.11. The van der Waals surface area contributed by atoms with Crippen LogP contribution in [0.1, 0.15) is 58.4 Å². The summed E-state index contributed by atoms with van der Waals surface area (Å²) in [6.07, 6.45) is 4.43. The van der Waals surface area contributed by atoms with Crippen molar-refractivity contribution in [2.75, 3.05) is 5.32 Å². The highest BCUT2D eigenvalue weighted by atomic mass is 35.5. The first-order chi connectivity index (χ1) is 11.0. The Kier molecular flexibility index (Phi) is 7.07. The molecule has 1 aromatic carbocycles. The molecular formula is C18H29ClN2O3S. The number of anilines is 1. The molecule has 7 heteroatoms. The molecule has 142 valence electrons. The van der Waals surface area contributed by atoms with E-state index in [1.807, 2.05) is 0 Å². The molecule has 1 saturated carbocycles. The average molecular weight is 389 g/mol. The Labute approximate surface area is 157 Å². The topological polar surface area (TPSA) is 89.3 Å². The second kappa shape index (κ2) is 8.06. The zero-order valence-electron chi connectivity index (χ0n) is 15.2. The lowest BCUT2D eigenvalue weighted by atomic mass is 9.82. The van der Waals surface area contributed by atoms with Crippen molar-refractivity contribution in [1.29, 1.82) is 0 Å². The summed E-state index contributed by atoms with van der Waals surface area (Å²) in [5.74, 6) is -0.230. The fourth-order valence-corrected chi connectivity index (χ4v) is 3.89. The number of nitrogens with two attached hydrogens (primary N) is 1. The number of carbonyl (C=O) groups is 1. The van der Waals surface area contributed by atoms with E-state index in [4.69, 9.17) is 5.73 Å². The third-order valence-electron chi connectivity index (χ3n) is 4.67. The van der Waals surface area contributed by atoms with Gasteiger partial charge in [-0.15, -0.1) is 12.4 Å². The Morgan fingerprint density at radius 1 is 1.20 bits per heavy atom. The molecule has 1 aliphatic rings. The van der Waals surface area contributed by atoms with Crippen LogP contribution in [0.2, 0.25) is 0 Å². The number of rotatable bonds is 4. The molecule has 0 atom stereocenters. The smallest absolute Gasteiger partial charge is 0.244 e. The molecule has 0 radical (unpaired) electrons. The highest BCUT2D eigenvalue weighted by molar-refractivity contribution is 7.91. The van der Waals surface area contributed by atoms with E-state index in [2.05, 4.69) is 5.32 Å². The zero-order chi connectivity index (χ0) is 18.0. The van der Waals surface area contributed by atoms with Gasteiger partial charge in [-0.3, -0.25) is 4.79 Å². The number of benzene rings is 1. The van der Waals surface area contributed by atoms with Crippen LogP contribution in [0.15, 0.2) is 24.3 Å². The normalized spacial score (nSPS) is 17.4. The van der Waals surface area contributed by atoms with Crippen molar-refractivity contribution in [3.8, 4) is 0 Å². The lowest BCUT2D eigenvalue weighted by Crippen LogP contribution is -2.52. The number of hydrogen-bond donors (Lipinski definition) is 2. The van der Waals surface area contributed by atoms with Crippen molar-refractivity contribution in [3.05, 3.63) is 29.8 Å². The minimum atomic E-state index is -3.27. The maximum absolute atomic E-state index is 12.5. The van der Waals surface area contributed by atoms with Crippen LogP contribution < -0.4 is 11.1 Å². The van der Waals surface area contributed by atoms with Crippen LogP contribution >= 0.6 is 12.4 Å². The number of carbonyl (C=O) groups excluding carboxylic acids is 1. The largest absolute Gasteiger partial charge is 0.324 e. The maximum atomic E-state index is 12.5. The molecule has 0 unspecified atom stereocenters. The summed E-state index contributed by atoms with van der Waals surface area (Å²) < 4.78 is 23.9. The van der Waals surface area contributed by atoms with Crippen LogP contribution in [0.4, 0.5) is 5.69 Å². The fraction of sp³-hybridized carbons (Fsp3) is 0.611. The molecule has 0 spiro atoms. The van der Waals surface area contributed by atoms with E-state index in [0.29, 0.717) is 24.1 Å². The van der Waals surface area contributed by atoms with Crippen molar-refractivity contribution < 1.29 is 13.2 Å².